The maximum atomic E-state index is 8.53. The van der Waals surface area contributed by atoms with Gasteiger partial charge in [-0.3, -0.25) is 0 Å². The van der Waals surface area contributed by atoms with E-state index in [2.05, 4.69) is 5.10 Å². The second kappa shape index (κ2) is 3.26. The molecule has 0 aromatic carbocycles. The Balaban J connectivity index is 2.05. The molecule has 5 heteroatoms. The molecule has 0 radical (unpaired) electrons. The Bertz CT molecular complexity index is 294. The predicted molar refractivity (Wildman–Crippen MR) is 47.5 cm³/mol. The largest absolute Gasteiger partial charge is 0.474 e. The van der Waals surface area contributed by atoms with Crippen LogP contribution in [0.4, 0.5) is 5.82 Å². The van der Waals surface area contributed by atoms with Gasteiger partial charge in [-0.15, -0.1) is 5.10 Å². The minimum atomic E-state index is -0.00378. The number of nitrogen functional groups attached to an aromatic ring is 1. The lowest BCUT2D eigenvalue weighted by Gasteiger charge is -1.99. The fraction of sp³-hybridized carbons (Fsp3) is 0.625. The van der Waals surface area contributed by atoms with E-state index < -0.39 is 0 Å². The molecule has 72 valence electrons. The SMILES string of the molecule is Nc1cc(OCCO)nn1C1CC1. The molecule has 1 aromatic rings. The van der Waals surface area contributed by atoms with E-state index in [4.69, 9.17) is 15.6 Å². The number of hydrogen-bond donors (Lipinski definition) is 2. The summed E-state index contributed by atoms with van der Waals surface area (Å²) in [7, 11) is 0. The van der Waals surface area contributed by atoms with E-state index >= 15 is 0 Å². The average Bonchev–Trinajstić information content (AvgIpc) is 2.88. The Morgan fingerprint density at radius 3 is 3.08 bits per heavy atom. The van der Waals surface area contributed by atoms with Crippen molar-refractivity contribution >= 4 is 5.82 Å². The van der Waals surface area contributed by atoms with Crippen molar-refractivity contribution in [3.05, 3.63) is 6.07 Å². The van der Waals surface area contributed by atoms with E-state index in [-0.39, 0.29) is 13.2 Å². The zero-order valence-electron chi connectivity index (χ0n) is 7.31. The highest BCUT2D eigenvalue weighted by Crippen LogP contribution is 2.37. The van der Waals surface area contributed by atoms with E-state index in [0.29, 0.717) is 17.7 Å². The third kappa shape index (κ3) is 1.75. The summed E-state index contributed by atoms with van der Waals surface area (Å²) in [4.78, 5) is 0. The van der Waals surface area contributed by atoms with Crippen LogP contribution >= 0.6 is 0 Å². The lowest BCUT2D eigenvalue weighted by molar-refractivity contribution is 0.195. The van der Waals surface area contributed by atoms with Crippen LogP contribution in [0.5, 0.6) is 5.88 Å². The van der Waals surface area contributed by atoms with Gasteiger partial charge in [0, 0.05) is 6.07 Å². The van der Waals surface area contributed by atoms with Gasteiger partial charge < -0.3 is 15.6 Å². The van der Waals surface area contributed by atoms with Gasteiger partial charge in [-0.05, 0) is 12.8 Å². The number of rotatable bonds is 4. The molecule has 3 N–H and O–H groups in total. The molecular formula is C8H13N3O2. The highest BCUT2D eigenvalue weighted by Gasteiger charge is 2.26. The van der Waals surface area contributed by atoms with Crippen LogP contribution in [-0.4, -0.2) is 28.1 Å². The first kappa shape index (κ1) is 8.37. The Hall–Kier alpha value is -1.23. The van der Waals surface area contributed by atoms with Crippen molar-refractivity contribution in [1.29, 1.82) is 0 Å². The van der Waals surface area contributed by atoms with Crippen molar-refractivity contribution in [2.45, 2.75) is 18.9 Å². The van der Waals surface area contributed by atoms with E-state index in [0.717, 1.165) is 12.8 Å². The first-order valence-electron chi connectivity index (χ1n) is 4.40. The molecule has 1 aromatic heterocycles. The van der Waals surface area contributed by atoms with Gasteiger partial charge in [-0.1, -0.05) is 0 Å². The Labute approximate surface area is 76.1 Å². The summed E-state index contributed by atoms with van der Waals surface area (Å²) in [6.07, 6.45) is 2.29. The molecule has 13 heavy (non-hydrogen) atoms. The Morgan fingerprint density at radius 1 is 1.69 bits per heavy atom. The van der Waals surface area contributed by atoms with Crippen LogP contribution in [0.3, 0.4) is 0 Å². The molecular weight excluding hydrogens is 170 g/mol. The molecule has 1 aliphatic carbocycles. The highest BCUT2D eigenvalue weighted by molar-refractivity contribution is 5.35. The third-order valence-electron chi connectivity index (χ3n) is 1.98. The summed E-state index contributed by atoms with van der Waals surface area (Å²) in [5.41, 5.74) is 5.71. The molecule has 0 atom stereocenters. The molecule has 1 saturated carbocycles. The number of nitrogens with zero attached hydrogens (tertiary/aromatic N) is 2. The zero-order chi connectivity index (χ0) is 9.26. The van der Waals surface area contributed by atoms with Gasteiger partial charge in [0.2, 0.25) is 5.88 Å². The van der Waals surface area contributed by atoms with Crippen molar-refractivity contribution in [3.8, 4) is 5.88 Å². The lowest BCUT2D eigenvalue weighted by Crippen LogP contribution is -2.04. The second-order valence-corrected chi connectivity index (χ2v) is 3.16. The van der Waals surface area contributed by atoms with Crippen molar-refractivity contribution in [3.63, 3.8) is 0 Å². The third-order valence-corrected chi connectivity index (χ3v) is 1.98. The van der Waals surface area contributed by atoms with E-state index in [9.17, 15) is 0 Å². The highest BCUT2D eigenvalue weighted by atomic mass is 16.5. The molecule has 0 unspecified atom stereocenters. The van der Waals surface area contributed by atoms with Crippen LogP contribution in [0.2, 0.25) is 0 Å². The summed E-state index contributed by atoms with van der Waals surface area (Å²) in [5, 5.41) is 12.7. The molecule has 1 fully saturated rings. The first-order valence-corrected chi connectivity index (χ1v) is 4.40. The average molecular weight is 183 g/mol. The smallest absolute Gasteiger partial charge is 0.235 e. The number of aliphatic hydroxyl groups is 1. The molecule has 0 bridgehead atoms. The summed E-state index contributed by atoms with van der Waals surface area (Å²) in [6, 6.07) is 2.15. The van der Waals surface area contributed by atoms with Crippen molar-refractivity contribution in [1.82, 2.24) is 9.78 Å². The van der Waals surface area contributed by atoms with Crippen LogP contribution in [0.25, 0.3) is 0 Å². The first-order chi connectivity index (χ1) is 6.31. The van der Waals surface area contributed by atoms with Crippen LogP contribution in [0, 0.1) is 0 Å². The van der Waals surface area contributed by atoms with E-state index in [1.165, 1.54) is 0 Å². The Kier molecular flexibility index (Phi) is 2.10. The number of nitrogens with two attached hydrogens (primary N) is 1. The van der Waals surface area contributed by atoms with E-state index in [1.807, 2.05) is 0 Å². The van der Waals surface area contributed by atoms with Gasteiger partial charge in [0.15, 0.2) is 0 Å². The van der Waals surface area contributed by atoms with Crippen molar-refractivity contribution < 1.29 is 9.84 Å². The van der Waals surface area contributed by atoms with Crippen LogP contribution in [0.1, 0.15) is 18.9 Å². The van der Waals surface area contributed by atoms with Crippen molar-refractivity contribution in [2.75, 3.05) is 18.9 Å². The van der Waals surface area contributed by atoms with Gasteiger partial charge in [0.1, 0.15) is 12.4 Å². The maximum Gasteiger partial charge on any atom is 0.235 e. The van der Waals surface area contributed by atoms with Crippen molar-refractivity contribution in [2.24, 2.45) is 0 Å². The summed E-state index contributed by atoms with van der Waals surface area (Å²) in [6.45, 7) is 0.261. The standard InChI is InChI=1S/C8H13N3O2/c9-7-5-8(13-4-3-12)10-11(7)6-1-2-6/h5-6,12H,1-4,9H2. The lowest BCUT2D eigenvalue weighted by atomic mass is 10.6. The summed E-state index contributed by atoms with van der Waals surface area (Å²) < 4.78 is 6.92. The zero-order valence-corrected chi connectivity index (χ0v) is 7.31. The molecule has 0 spiro atoms. The van der Waals surface area contributed by atoms with Gasteiger partial charge >= 0.3 is 0 Å². The minimum absolute atomic E-state index is 0.00378. The fourth-order valence-electron chi connectivity index (χ4n) is 1.22. The van der Waals surface area contributed by atoms with Gasteiger partial charge in [-0.2, -0.15) is 0 Å². The maximum absolute atomic E-state index is 8.53. The van der Waals surface area contributed by atoms with Crippen LogP contribution < -0.4 is 10.5 Å². The minimum Gasteiger partial charge on any atom is -0.474 e. The monoisotopic (exact) mass is 183 g/mol. The molecule has 2 rings (SSSR count). The molecule has 5 nitrogen and oxygen atoms in total. The van der Waals surface area contributed by atoms with Gasteiger partial charge in [-0.25, -0.2) is 4.68 Å². The summed E-state index contributed by atoms with van der Waals surface area (Å²) >= 11 is 0. The topological polar surface area (TPSA) is 73.3 Å². The second-order valence-electron chi connectivity index (χ2n) is 3.16. The van der Waals surface area contributed by atoms with Gasteiger partial charge in [0.25, 0.3) is 0 Å². The number of hydrogen-bond acceptors (Lipinski definition) is 4. The molecule has 1 heterocycles. The molecule has 0 aliphatic heterocycles. The molecule has 0 saturated heterocycles. The predicted octanol–water partition coefficient (Wildman–Crippen LogP) is 0.171. The summed E-state index contributed by atoms with van der Waals surface area (Å²) in [5.74, 6) is 1.13. The van der Waals surface area contributed by atoms with Crippen LogP contribution in [-0.2, 0) is 0 Å². The normalized spacial score (nSPS) is 16.1. The van der Waals surface area contributed by atoms with Crippen LogP contribution in [0.15, 0.2) is 6.07 Å². The van der Waals surface area contributed by atoms with Gasteiger partial charge in [0.05, 0.1) is 12.6 Å². The number of aromatic nitrogens is 2. The van der Waals surface area contributed by atoms with E-state index in [1.54, 1.807) is 10.7 Å². The number of anilines is 1. The fourth-order valence-corrected chi connectivity index (χ4v) is 1.22. The number of ether oxygens (including phenoxy) is 1. The number of aliphatic hydroxyl groups excluding tert-OH is 1. The molecule has 1 aliphatic rings. The quantitative estimate of drug-likeness (QED) is 0.698. The molecule has 0 amide bonds. The Morgan fingerprint density at radius 2 is 2.46 bits per heavy atom.